The first-order chi connectivity index (χ1) is 9.21. The molecule has 20 heavy (non-hydrogen) atoms. The number of hydrogen-bond acceptors (Lipinski definition) is 6. The summed E-state index contributed by atoms with van der Waals surface area (Å²) in [5.74, 6) is 0. The van der Waals surface area contributed by atoms with E-state index >= 15 is 0 Å². The first-order valence-corrected chi connectivity index (χ1v) is 8.13. The maximum absolute atomic E-state index is 11.2. The molecule has 0 saturated carbocycles. The summed E-state index contributed by atoms with van der Waals surface area (Å²) in [5, 5.41) is 0. The van der Waals surface area contributed by atoms with Crippen molar-refractivity contribution in [2.75, 3.05) is 0 Å². The predicted octanol–water partition coefficient (Wildman–Crippen LogP) is 1.16. The molecule has 6 nitrogen and oxygen atoms in total. The molecule has 0 saturated heterocycles. The maximum Gasteiger partial charge on any atom is 0.125 e. The van der Waals surface area contributed by atoms with Gasteiger partial charge < -0.3 is 9.11 Å². The molecular formula is C12H8O6S2-2. The molecule has 0 aliphatic heterocycles. The van der Waals surface area contributed by atoms with E-state index in [1.165, 1.54) is 36.4 Å². The molecule has 106 valence electrons. The molecule has 0 fully saturated rings. The van der Waals surface area contributed by atoms with Gasteiger partial charge in [0.05, 0.1) is 9.79 Å². The van der Waals surface area contributed by atoms with Crippen LogP contribution in [0.4, 0.5) is 0 Å². The van der Waals surface area contributed by atoms with E-state index in [9.17, 15) is 25.9 Å². The van der Waals surface area contributed by atoms with Crippen LogP contribution in [0, 0.1) is 0 Å². The minimum atomic E-state index is -4.79. The highest BCUT2D eigenvalue weighted by Gasteiger charge is 2.15. The summed E-state index contributed by atoms with van der Waals surface area (Å²) in [6.45, 7) is 0. The molecule has 0 N–H and O–H groups in total. The second-order valence-corrected chi connectivity index (χ2v) is 6.60. The summed E-state index contributed by atoms with van der Waals surface area (Å²) in [4.78, 5) is -1.15. The van der Waals surface area contributed by atoms with Gasteiger partial charge in [0.15, 0.2) is 0 Å². The Morgan fingerprint density at radius 3 is 1.20 bits per heavy atom. The molecule has 0 spiro atoms. The van der Waals surface area contributed by atoms with Crippen LogP contribution in [0.25, 0.3) is 11.1 Å². The smallest absolute Gasteiger partial charge is 0.125 e. The second-order valence-electron chi connectivity index (χ2n) is 3.90. The van der Waals surface area contributed by atoms with Gasteiger partial charge in [0.25, 0.3) is 0 Å². The molecule has 0 aliphatic carbocycles. The van der Waals surface area contributed by atoms with Gasteiger partial charge in [-0.1, -0.05) is 36.4 Å². The summed E-state index contributed by atoms with van der Waals surface area (Å²) in [7, 11) is -9.58. The van der Waals surface area contributed by atoms with Crippen LogP contribution < -0.4 is 0 Å². The molecular weight excluding hydrogens is 304 g/mol. The zero-order valence-electron chi connectivity index (χ0n) is 9.88. The molecule has 0 bridgehead atoms. The fraction of sp³-hybridized carbons (Fsp3) is 0. The van der Waals surface area contributed by atoms with E-state index in [4.69, 9.17) is 0 Å². The fourth-order valence-electron chi connectivity index (χ4n) is 1.81. The van der Waals surface area contributed by atoms with Crippen molar-refractivity contribution in [3.8, 4) is 11.1 Å². The summed E-state index contributed by atoms with van der Waals surface area (Å²) >= 11 is 0. The van der Waals surface area contributed by atoms with Gasteiger partial charge >= 0.3 is 0 Å². The predicted molar refractivity (Wildman–Crippen MR) is 67.8 cm³/mol. The van der Waals surface area contributed by atoms with E-state index in [0.29, 0.717) is 0 Å². The number of benzene rings is 2. The minimum Gasteiger partial charge on any atom is -0.744 e. The van der Waals surface area contributed by atoms with Gasteiger partial charge in [0, 0.05) is 11.1 Å². The molecule has 8 heteroatoms. The third-order valence-electron chi connectivity index (χ3n) is 2.60. The lowest BCUT2D eigenvalue weighted by atomic mass is 10.1. The molecule has 0 aliphatic rings. The van der Waals surface area contributed by atoms with E-state index in [1.54, 1.807) is 0 Å². The molecule has 2 rings (SSSR count). The van der Waals surface area contributed by atoms with Crippen molar-refractivity contribution in [2.24, 2.45) is 0 Å². The summed E-state index contributed by atoms with van der Waals surface area (Å²) < 4.78 is 67.2. The van der Waals surface area contributed by atoms with Crippen LogP contribution in [0.5, 0.6) is 0 Å². The summed E-state index contributed by atoms with van der Waals surface area (Å²) in [6, 6.07) is 10.2. The van der Waals surface area contributed by atoms with E-state index in [0.717, 1.165) is 12.1 Å². The van der Waals surface area contributed by atoms with Gasteiger partial charge in [-0.3, -0.25) is 0 Å². The Bertz CT molecular complexity index is 780. The highest BCUT2D eigenvalue weighted by atomic mass is 32.2. The van der Waals surface area contributed by atoms with Gasteiger partial charge in [-0.25, -0.2) is 16.8 Å². The van der Waals surface area contributed by atoms with Crippen molar-refractivity contribution in [2.45, 2.75) is 9.79 Å². The Balaban J connectivity index is 2.85. The van der Waals surface area contributed by atoms with Crippen molar-refractivity contribution in [3.05, 3.63) is 48.5 Å². The molecule has 2 aromatic rings. The molecule has 0 aromatic heterocycles. The van der Waals surface area contributed by atoms with E-state index < -0.39 is 30.0 Å². The monoisotopic (exact) mass is 312 g/mol. The zero-order chi connectivity index (χ0) is 15.0. The maximum atomic E-state index is 11.2. The molecule has 0 heterocycles. The SMILES string of the molecule is O=S(=O)([O-])c1ccccc1-c1ccccc1S(=O)(=O)[O-]. The Morgan fingerprint density at radius 1 is 0.600 bits per heavy atom. The van der Waals surface area contributed by atoms with Crippen LogP contribution in [-0.2, 0) is 20.2 Å². The quantitative estimate of drug-likeness (QED) is 0.785. The Morgan fingerprint density at radius 2 is 0.900 bits per heavy atom. The lowest BCUT2D eigenvalue weighted by molar-refractivity contribution is 0.460. The van der Waals surface area contributed by atoms with Gasteiger partial charge in [-0.05, 0) is 12.1 Å². The third kappa shape index (κ3) is 2.88. The lowest BCUT2D eigenvalue weighted by Gasteiger charge is -2.17. The molecule has 2 aromatic carbocycles. The van der Waals surface area contributed by atoms with Gasteiger partial charge in [0.2, 0.25) is 0 Å². The normalized spacial score (nSPS) is 12.3. The second kappa shape index (κ2) is 4.98. The topological polar surface area (TPSA) is 114 Å². The van der Waals surface area contributed by atoms with Crippen molar-refractivity contribution in [1.29, 1.82) is 0 Å². The Kier molecular flexibility index (Phi) is 3.65. The average molecular weight is 312 g/mol. The van der Waals surface area contributed by atoms with E-state index in [1.807, 2.05) is 0 Å². The van der Waals surface area contributed by atoms with Crippen LogP contribution in [0.1, 0.15) is 0 Å². The number of hydrogen-bond donors (Lipinski definition) is 0. The van der Waals surface area contributed by atoms with Crippen molar-refractivity contribution < 1.29 is 25.9 Å². The summed E-state index contributed by atoms with van der Waals surface area (Å²) in [6.07, 6.45) is 0. The van der Waals surface area contributed by atoms with Crippen LogP contribution in [0.15, 0.2) is 58.3 Å². The van der Waals surface area contributed by atoms with Gasteiger partial charge in [-0.15, -0.1) is 0 Å². The van der Waals surface area contributed by atoms with Crippen LogP contribution >= 0.6 is 0 Å². The van der Waals surface area contributed by atoms with Crippen molar-refractivity contribution >= 4 is 20.2 Å². The molecule has 0 radical (unpaired) electrons. The van der Waals surface area contributed by atoms with Gasteiger partial charge in [-0.2, -0.15) is 0 Å². The zero-order valence-corrected chi connectivity index (χ0v) is 11.5. The third-order valence-corrected chi connectivity index (χ3v) is 4.39. The van der Waals surface area contributed by atoms with Crippen LogP contribution in [0.2, 0.25) is 0 Å². The van der Waals surface area contributed by atoms with Crippen LogP contribution in [-0.4, -0.2) is 25.9 Å². The highest BCUT2D eigenvalue weighted by molar-refractivity contribution is 7.86. The van der Waals surface area contributed by atoms with E-state index in [2.05, 4.69) is 0 Å². The highest BCUT2D eigenvalue weighted by Crippen LogP contribution is 2.31. The van der Waals surface area contributed by atoms with Gasteiger partial charge in [0.1, 0.15) is 20.2 Å². The number of rotatable bonds is 3. The molecule has 0 amide bonds. The standard InChI is InChI=1S/C12H10O6S2/c13-19(14,15)11-7-3-1-5-9(11)10-6-2-4-8-12(10)20(16,17)18/h1-8H,(H,13,14,15)(H,16,17,18)/p-2. The lowest BCUT2D eigenvalue weighted by Crippen LogP contribution is -2.05. The molecule has 0 atom stereocenters. The summed E-state index contributed by atoms with van der Waals surface area (Å²) in [5.41, 5.74) is -0.227. The Labute approximate surface area is 116 Å². The fourth-order valence-corrected chi connectivity index (χ4v) is 3.20. The largest absolute Gasteiger partial charge is 0.744 e. The van der Waals surface area contributed by atoms with Crippen LogP contribution in [0.3, 0.4) is 0 Å². The minimum absolute atomic E-state index is 0.113. The van der Waals surface area contributed by atoms with E-state index in [-0.39, 0.29) is 11.1 Å². The first kappa shape index (κ1) is 14.7. The van der Waals surface area contributed by atoms with Crippen molar-refractivity contribution in [3.63, 3.8) is 0 Å². The molecule has 0 unspecified atom stereocenters. The Hall–Kier alpha value is -1.74. The first-order valence-electron chi connectivity index (χ1n) is 5.31. The average Bonchev–Trinajstić information content (AvgIpc) is 2.37. The van der Waals surface area contributed by atoms with Crippen molar-refractivity contribution in [1.82, 2.24) is 0 Å².